The maximum Gasteiger partial charge on any atom is 0.312 e. The molecule has 0 saturated carbocycles. The lowest BCUT2D eigenvalue weighted by molar-refractivity contribution is -0.157. The highest BCUT2D eigenvalue weighted by atomic mass is 16.5. The highest BCUT2D eigenvalue weighted by Gasteiger charge is 2.37. The van der Waals surface area contributed by atoms with E-state index in [1.165, 1.54) is 13.2 Å². The molecular formula is C19H24N4O5. The summed E-state index contributed by atoms with van der Waals surface area (Å²) in [6.45, 7) is 5.94. The second kappa shape index (κ2) is 8.28. The molecule has 2 aromatic heterocycles. The first-order valence-corrected chi connectivity index (χ1v) is 9.20. The van der Waals surface area contributed by atoms with Crippen LogP contribution in [-0.4, -0.2) is 45.1 Å². The van der Waals surface area contributed by atoms with Gasteiger partial charge >= 0.3 is 5.97 Å². The second-order valence-electron chi connectivity index (χ2n) is 7.08. The lowest BCUT2D eigenvalue weighted by Crippen LogP contribution is -2.33. The van der Waals surface area contributed by atoms with Crippen molar-refractivity contribution in [2.75, 3.05) is 11.9 Å². The van der Waals surface area contributed by atoms with Crippen LogP contribution >= 0.6 is 0 Å². The summed E-state index contributed by atoms with van der Waals surface area (Å²) in [5.74, 6) is -0.571. The Labute approximate surface area is 162 Å². The molecule has 1 aliphatic rings. The number of likely N-dealkylation sites (tertiary alicyclic amines) is 1. The monoisotopic (exact) mass is 388 g/mol. The Morgan fingerprint density at radius 2 is 2.14 bits per heavy atom. The molecule has 1 aliphatic heterocycles. The van der Waals surface area contributed by atoms with Gasteiger partial charge in [0.05, 0.1) is 24.9 Å². The van der Waals surface area contributed by atoms with E-state index in [2.05, 4.69) is 10.4 Å². The Morgan fingerprint density at radius 3 is 2.82 bits per heavy atom. The molecule has 3 heterocycles. The number of aromatic nitrogens is 2. The van der Waals surface area contributed by atoms with Crippen LogP contribution in [0.25, 0.3) is 0 Å². The van der Waals surface area contributed by atoms with Gasteiger partial charge in [-0.05, 0) is 32.9 Å². The minimum absolute atomic E-state index is 0.0635. The molecule has 2 aromatic rings. The number of carbonyl (C=O) groups excluding carboxylic acids is 3. The van der Waals surface area contributed by atoms with E-state index in [0.29, 0.717) is 18.1 Å². The molecule has 3 rings (SSSR count). The molecule has 0 radical (unpaired) electrons. The largest absolute Gasteiger partial charge is 0.467 e. The zero-order valence-electron chi connectivity index (χ0n) is 16.1. The number of ether oxygens (including phenoxy) is 1. The number of carbonyl (C=O) groups is 3. The van der Waals surface area contributed by atoms with Crippen molar-refractivity contribution in [3.63, 3.8) is 0 Å². The number of esters is 1. The summed E-state index contributed by atoms with van der Waals surface area (Å²) < 4.78 is 12.2. The van der Waals surface area contributed by atoms with Gasteiger partial charge in [-0.15, -0.1) is 0 Å². The molecule has 0 aromatic carbocycles. The Hall–Kier alpha value is -3.10. The second-order valence-corrected chi connectivity index (χ2v) is 7.08. The third kappa shape index (κ3) is 4.41. The number of rotatable bonds is 7. The standard InChI is InChI=1S/C19H24N4O5/c1-12(2)23-16(6-7-20-23)21-18(25)13(3)28-19(26)14-9-17(24)22(10-14)11-15-5-4-8-27-15/h4-8,12-14H,9-11H2,1-3H3,(H,21,25)/t13-,14-/m1/s1. The zero-order valence-corrected chi connectivity index (χ0v) is 16.1. The molecular weight excluding hydrogens is 364 g/mol. The van der Waals surface area contributed by atoms with Gasteiger partial charge in [0.15, 0.2) is 6.10 Å². The van der Waals surface area contributed by atoms with Crippen LogP contribution in [0.4, 0.5) is 5.82 Å². The fraction of sp³-hybridized carbons (Fsp3) is 0.474. The molecule has 150 valence electrons. The lowest BCUT2D eigenvalue weighted by Gasteiger charge is -2.18. The number of hydrogen-bond acceptors (Lipinski definition) is 6. The van der Waals surface area contributed by atoms with Gasteiger partial charge in [-0.25, -0.2) is 4.68 Å². The van der Waals surface area contributed by atoms with Gasteiger partial charge in [0.25, 0.3) is 5.91 Å². The first-order valence-electron chi connectivity index (χ1n) is 9.20. The van der Waals surface area contributed by atoms with E-state index in [9.17, 15) is 14.4 Å². The third-order valence-electron chi connectivity index (χ3n) is 4.55. The van der Waals surface area contributed by atoms with Crippen molar-refractivity contribution in [1.82, 2.24) is 14.7 Å². The van der Waals surface area contributed by atoms with E-state index in [1.54, 1.807) is 34.0 Å². The average molecular weight is 388 g/mol. The van der Waals surface area contributed by atoms with Crippen molar-refractivity contribution in [3.05, 3.63) is 36.4 Å². The van der Waals surface area contributed by atoms with Crippen molar-refractivity contribution < 1.29 is 23.5 Å². The minimum atomic E-state index is -0.989. The van der Waals surface area contributed by atoms with Gasteiger partial charge in [-0.3, -0.25) is 14.4 Å². The molecule has 1 saturated heterocycles. The Balaban J connectivity index is 1.53. The zero-order chi connectivity index (χ0) is 20.3. The maximum absolute atomic E-state index is 12.4. The summed E-state index contributed by atoms with van der Waals surface area (Å²) in [6.07, 6.45) is 2.20. The molecule has 2 amide bonds. The molecule has 0 unspecified atom stereocenters. The van der Waals surface area contributed by atoms with E-state index in [1.807, 2.05) is 13.8 Å². The maximum atomic E-state index is 12.4. The number of hydrogen-bond donors (Lipinski definition) is 1. The summed E-state index contributed by atoms with van der Waals surface area (Å²) in [5.41, 5.74) is 0. The normalized spacial score (nSPS) is 17.8. The minimum Gasteiger partial charge on any atom is -0.467 e. The number of nitrogens with zero attached hydrogens (tertiary/aromatic N) is 3. The molecule has 0 aliphatic carbocycles. The highest BCUT2D eigenvalue weighted by molar-refractivity contribution is 5.95. The first-order chi connectivity index (χ1) is 13.3. The molecule has 0 bridgehead atoms. The topological polar surface area (TPSA) is 107 Å². The van der Waals surface area contributed by atoms with Crippen LogP contribution in [0.2, 0.25) is 0 Å². The van der Waals surface area contributed by atoms with Gasteiger partial charge in [0.1, 0.15) is 11.6 Å². The molecule has 0 spiro atoms. The van der Waals surface area contributed by atoms with Crippen LogP contribution in [0.3, 0.4) is 0 Å². The Morgan fingerprint density at radius 1 is 1.36 bits per heavy atom. The van der Waals surface area contributed by atoms with Crippen molar-refractivity contribution in [3.8, 4) is 0 Å². The van der Waals surface area contributed by atoms with Crippen LogP contribution in [0.15, 0.2) is 35.1 Å². The number of nitrogens with one attached hydrogen (secondary N) is 1. The highest BCUT2D eigenvalue weighted by Crippen LogP contribution is 2.22. The number of anilines is 1. The van der Waals surface area contributed by atoms with Crippen LogP contribution in [0, 0.1) is 5.92 Å². The third-order valence-corrected chi connectivity index (χ3v) is 4.55. The predicted molar refractivity (Wildman–Crippen MR) is 99.0 cm³/mol. The van der Waals surface area contributed by atoms with E-state index < -0.39 is 23.9 Å². The Kier molecular flexibility index (Phi) is 5.81. The average Bonchev–Trinajstić information content (AvgIpc) is 3.37. The first kappa shape index (κ1) is 19.7. The van der Waals surface area contributed by atoms with E-state index in [4.69, 9.17) is 9.15 Å². The molecule has 1 fully saturated rings. The van der Waals surface area contributed by atoms with Crippen LogP contribution in [0.1, 0.15) is 39.0 Å². The van der Waals surface area contributed by atoms with E-state index in [0.717, 1.165) is 0 Å². The summed E-state index contributed by atoms with van der Waals surface area (Å²) in [5, 5.41) is 6.85. The van der Waals surface area contributed by atoms with Crippen molar-refractivity contribution in [2.24, 2.45) is 5.92 Å². The fourth-order valence-electron chi connectivity index (χ4n) is 3.05. The molecule has 9 heteroatoms. The van der Waals surface area contributed by atoms with Crippen LogP contribution in [0.5, 0.6) is 0 Å². The molecule has 28 heavy (non-hydrogen) atoms. The van der Waals surface area contributed by atoms with Crippen LogP contribution in [-0.2, 0) is 25.7 Å². The smallest absolute Gasteiger partial charge is 0.312 e. The van der Waals surface area contributed by atoms with E-state index in [-0.39, 0.29) is 24.9 Å². The fourth-order valence-corrected chi connectivity index (χ4v) is 3.05. The number of furan rings is 1. The van der Waals surface area contributed by atoms with Crippen LogP contribution < -0.4 is 5.32 Å². The lowest BCUT2D eigenvalue weighted by atomic mass is 10.1. The summed E-state index contributed by atoms with van der Waals surface area (Å²) in [7, 11) is 0. The molecule has 9 nitrogen and oxygen atoms in total. The van der Waals surface area contributed by atoms with E-state index >= 15 is 0 Å². The summed E-state index contributed by atoms with van der Waals surface area (Å²) >= 11 is 0. The van der Waals surface area contributed by atoms with Crippen molar-refractivity contribution >= 4 is 23.6 Å². The Bertz CT molecular complexity index is 842. The van der Waals surface area contributed by atoms with Gasteiger partial charge in [-0.2, -0.15) is 5.10 Å². The molecule has 1 N–H and O–H groups in total. The quantitative estimate of drug-likeness (QED) is 0.727. The van der Waals surface area contributed by atoms with Crippen molar-refractivity contribution in [1.29, 1.82) is 0 Å². The molecule has 2 atom stereocenters. The summed E-state index contributed by atoms with van der Waals surface area (Å²) in [6, 6.07) is 5.27. The van der Waals surface area contributed by atoms with Gasteiger partial charge in [0.2, 0.25) is 5.91 Å². The van der Waals surface area contributed by atoms with Gasteiger partial charge < -0.3 is 19.4 Å². The SMILES string of the molecule is CC(C)n1nccc1NC(=O)[C@@H](C)OC(=O)[C@@H]1CC(=O)N(Cc2ccco2)C1. The van der Waals surface area contributed by atoms with Gasteiger partial charge in [0, 0.05) is 25.1 Å². The van der Waals surface area contributed by atoms with Crippen molar-refractivity contribution in [2.45, 2.75) is 45.9 Å². The summed E-state index contributed by atoms with van der Waals surface area (Å²) in [4.78, 5) is 38.5. The predicted octanol–water partition coefficient (Wildman–Crippen LogP) is 1.98. The number of amides is 2. The van der Waals surface area contributed by atoms with Gasteiger partial charge in [-0.1, -0.05) is 0 Å².